The number of ether oxygens (including phenoxy) is 2. The first kappa shape index (κ1) is 20.7. The molecule has 0 aromatic rings. The van der Waals surface area contributed by atoms with Crippen LogP contribution in [0.2, 0.25) is 0 Å². The number of aliphatic carboxylic acids is 2. The highest BCUT2D eigenvalue weighted by Gasteiger charge is 2.31. The fraction of sp³-hybridized carbons (Fsp3) is 0.385. The Kier molecular flexibility index (Phi) is 9.15. The largest absolute Gasteiger partial charge is 0.478 e. The van der Waals surface area contributed by atoms with Gasteiger partial charge in [0.25, 0.3) is 0 Å². The molecule has 0 unspecified atom stereocenters. The third-order valence-electron chi connectivity index (χ3n) is 1.75. The van der Waals surface area contributed by atoms with Crippen LogP contribution >= 0.6 is 0 Å². The molecule has 0 fully saturated rings. The lowest BCUT2D eigenvalue weighted by molar-refractivity contribution is -0.178. The molecule has 8 heteroatoms. The third kappa shape index (κ3) is 10.9. The highest BCUT2D eigenvalue weighted by atomic mass is 16.6. The predicted octanol–water partition coefficient (Wildman–Crippen LogP) is 0.769. The van der Waals surface area contributed by atoms with E-state index < -0.39 is 36.1 Å². The van der Waals surface area contributed by atoms with Crippen LogP contribution in [-0.2, 0) is 28.7 Å². The van der Waals surface area contributed by atoms with E-state index in [9.17, 15) is 19.2 Å². The average Bonchev–Trinajstić information content (AvgIpc) is 2.35. The maximum Gasteiger partial charge on any atom is 0.347 e. The van der Waals surface area contributed by atoms with Crippen molar-refractivity contribution in [2.45, 2.75) is 26.4 Å². The lowest BCUT2D eigenvalue weighted by Gasteiger charge is -2.19. The summed E-state index contributed by atoms with van der Waals surface area (Å²) in [5, 5.41) is 16.5. The molecular weight excluding hydrogens is 284 g/mol. The monoisotopic (exact) mass is 302 g/mol. The minimum Gasteiger partial charge on any atom is -0.478 e. The Morgan fingerprint density at radius 1 is 1.19 bits per heavy atom. The van der Waals surface area contributed by atoms with Crippen LogP contribution < -0.4 is 0 Å². The van der Waals surface area contributed by atoms with E-state index >= 15 is 0 Å². The Balaban J connectivity index is 0. The van der Waals surface area contributed by atoms with E-state index in [1.54, 1.807) is 0 Å². The molecule has 0 spiro atoms. The molecule has 118 valence electrons. The lowest BCUT2D eigenvalue weighted by Crippen LogP contribution is -2.38. The number of carboxylic acid groups (broad SMARTS) is 2. The fourth-order valence-electron chi connectivity index (χ4n) is 0.547. The van der Waals surface area contributed by atoms with E-state index in [-0.39, 0.29) is 5.57 Å². The average molecular weight is 302 g/mol. The summed E-state index contributed by atoms with van der Waals surface area (Å²) in [5.74, 6) is -3.93. The van der Waals surface area contributed by atoms with E-state index in [0.717, 1.165) is 6.08 Å². The molecule has 0 saturated heterocycles. The second kappa shape index (κ2) is 9.29. The summed E-state index contributed by atoms with van der Waals surface area (Å²) in [6.45, 7) is 9.51. The maximum atomic E-state index is 11.0. The number of carboxylic acids is 2. The van der Waals surface area contributed by atoms with E-state index in [0.29, 0.717) is 0 Å². The van der Waals surface area contributed by atoms with Gasteiger partial charge in [-0.05, 0) is 20.8 Å². The Bertz CT molecular complexity index is 435. The summed E-state index contributed by atoms with van der Waals surface area (Å²) in [6, 6.07) is 0. The molecule has 0 saturated carbocycles. The van der Waals surface area contributed by atoms with Crippen LogP contribution in [0.15, 0.2) is 24.8 Å². The number of esters is 2. The summed E-state index contributed by atoms with van der Waals surface area (Å²) < 4.78 is 8.90. The summed E-state index contributed by atoms with van der Waals surface area (Å²) >= 11 is 0. The number of rotatable bonds is 6. The summed E-state index contributed by atoms with van der Waals surface area (Å²) in [6.07, 6.45) is 0.885. The van der Waals surface area contributed by atoms with Crippen LogP contribution in [0.4, 0.5) is 0 Å². The molecule has 0 rings (SSSR count). The zero-order valence-corrected chi connectivity index (χ0v) is 12.0. The van der Waals surface area contributed by atoms with Crippen molar-refractivity contribution in [3.63, 3.8) is 0 Å². The molecule has 0 radical (unpaired) electrons. The standard InChI is InChI=1S/C9H12O6.C4H6O2/c1-4-6(10)14-5-7(11)15-9(2,3)8(12)13;1-3(2)4(5)6/h4H,1,5H2,2-3H3,(H,12,13);1H2,2H3,(H,5,6). The van der Waals surface area contributed by atoms with Gasteiger partial charge in [0, 0.05) is 11.6 Å². The first-order valence-electron chi connectivity index (χ1n) is 5.57. The van der Waals surface area contributed by atoms with Crippen molar-refractivity contribution in [3.8, 4) is 0 Å². The zero-order chi connectivity index (χ0) is 17.2. The van der Waals surface area contributed by atoms with Gasteiger partial charge in [-0.2, -0.15) is 0 Å². The van der Waals surface area contributed by atoms with Crippen LogP contribution in [0.25, 0.3) is 0 Å². The molecular formula is C13H18O8. The van der Waals surface area contributed by atoms with Crippen LogP contribution in [0.3, 0.4) is 0 Å². The molecule has 0 aliphatic carbocycles. The van der Waals surface area contributed by atoms with Crippen LogP contribution in [0.5, 0.6) is 0 Å². The molecule has 0 aliphatic rings. The van der Waals surface area contributed by atoms with Gasteiger partial charge in [0.15, 0.2) is 6.61 Å². The minimum absolute atomic E-state index is 0.176. The van der Waals surface area contributed by atoms with Crippen LogP contribution in [-0.4, -0.2) is 46.3 Å². The molecule has 2 N–H and O–H groups in total. The van der Waals surface area contributed by atoms with Crippen LogP contribution in [0.1, 0.15) is 20.8 Å². The molecule has 0 bridgehead atoms. The van der Waals surface area contributed by atoms with Crippen molar-refractivity contribution in [2.24, 2.45) is 0 Å². The Morgan fingerprint density at radius 3 is 1.90 bits per heavy atom. The van der Waals surface area contributed by atoms with E-state index in [2.05, 4.69) is 22.6 Å². The number of carbonyl (C=O) groups excluding carboxylic acids is 2. The van der Waals surface area contributed by atoms with Gasteiger partial charge in [-0.1, -0.05) is 13.2 Å². The molecule has 0 heterocycles. The topological polar surface area (TPSA) is 127 Å². The van der Waals surface area contributed by atoms with Crippen molar-refractivity contribution in [1.29, 1.82) is 0 Å². The molecule has 8 nitrogen and oxygen atoms in total. The van der Waals surface area contributed by atoms with Gasteiger partial charge in [0.2, 0.25) is 5.60 Å². The maximum absolute atomic E-state index is 11.0. The molecule has 0 amide bonds. The first-order valence-corrected chi connectivity index (χ1v) is 5.57. The van der Waals surface area contributed by atoms with Gasteiger partial charge in [-0.15, -0.1) is 0 Å². The fourth-order valence-corrected chi connectivity index (χ4v) is 0.547. The van der Waals surface area contributed by atoms with Gasteiger partial charge in [-0.25, -0.2) is 19.2 Å². The van der Waals surface area contributed by atoms with Crippen molar-refractivity contribution in [3.05, 3.63) is 24.8 Å². The van der Waals surface area contributed by atoms with Gasteiger partial charge >= 0.3 is 23.9 Å². The van der Waals surface area contributed by atoms with E-state index in [4.69, 9.17) is 10.2 Å². The lowest BCUT2D eigenvalue weighted by atomic mass is 10.1. The highest BCUT2D eigenvalue weighted by molar-refractivity contribution is 5.85. The second-order valence-corrected chi connectivity index (χ2v) is 4.19. The van der Waals surface area contributed by atoms with Gasteiger partial charge in [0.05, 0.1) is 0 Å². The van der Waals surface area contributed by atoms with Gasteiger partial charge < -0.3 is 19.7 Å². The Morgan fingerprint density at radius 2 is 1.62 bits per heavy atom. The molecule has 21 heavy (non-hydrogen) atoms. The third-order valence-corrected chi connectivity index (χ3v) is 1.75. The smallest absolute Gasteiger partial charge is 0.347 e. The summed E-state index contributed by atoms with van der Waals surface area (Å²) in [4.78, 5) is 41.7. The van der Waals surface area contributed by atoms with Crippen LogP contribution in [0, 0.1) is 0 Å². The Hall–Kier alpha value is -2.64. The number of hydrogen-bond acceptors (Lipinski definition) is 6. The van der Waals surface area contributed by atoms with E-state index in [1.165, 1.54) is 20.8 Å². The first-order chi connectivity index (χ1) is 9.43. The van der Waals surface area contributed by atoms with Gasteiger partial charge in [0.1, 0.15) is 0 Å². The van der Waals surface area contributed by atoms with E-state index in [1.807, 2.05) is 0 Å². The molecule has 0 aromatic carbocycles. The predicted molar refractivity (Wildman–Crippen MR) is 71.4 cm³/mol. The summed E-state index contributed by atoms with van der Waals surface area (Å²) in [5.41, 5.74) is -1.47. The molecule has 0 atom stereocenters. The molecule has 0 aromatic heterocycles. The molecule has 0 aliphatic heterocycles. The SMILES string of the molecule is C=C(C)C(=O)O.C=CC(=O)OCC(=O)OC(C)(C)C(=O)O. The quantitative estimate of drug-likeness (QED) is 0.544. The van der Waals surface area contributed by atoms with Crippen molar-refractivity contribution in [1.82, 2.24) is 0 Å². The van der Waals surface area contributed by atoms with Crippen molar-refractivity contribution >= 4 is 23.9 Å². The van der Waals surface area contributed by atoms with Crippen molar-refractivity contribution in [2.75, 3.05) is 6.61 Å². The highest BCUT2D eigenvalue weighted by Crippen LogP contribution is 2.09. The minimum atomic E-state index is -1.64. The van der Waals surface area contributed by atoms with Crippen molar-refractivity contribution < 1.29 is 38.9 Å². The Labute approximate surface area is 121 Å². The second-order valence-electron chi connectivity index (χ2n) is 4.19. The normalized spacial score (nSPS) is 9.48. The zero-order valence-electron chi connectivity index (χ0n) is 12.0. The number of hydrogen-bond donors (Lipinski definition) is 2. The van der Waals surface area contributed by atoms with Gasteiger partial charge in [-0.3, -0.25) is 0 Å². The summed E-state index contributed by atoms with van der Waals surface area (Å²) in [7, 11) is 0. The number of carbonyl (C=O) groups is 4.